The molecule has 1 aliphatic heterocycles. The molecule has 0 radical (unpaired) electrons. The van der Waals surface area contributed by atoms with E-state index in [4.69, 9.17) is 10.5 Å². The Morgan fingerprint density at radius 3 is 2.83 bits per heavy atom. The van der Waals surface area contributed by atoms with Crippen molar-refractivity contribution in [3.8, 4) is 0 Å². The van der Waals surface area contributed by atoms with Crippen LogP contribution in [0.2, 0.25) is 0 Å². The van der Waals surface area contributed by atoms with Crippen molar-refractivity contribution in [2.45, 2.75) is 19.4 Å². The maximum absolute atomic E-state index is 6.16. The first-order valence-corrected chi connectivity index (χ1v) is 9.85. The zero-order chi connectivity index (χ0) is 21.1. The second kappa shape index (κ2) is 8.50. The van der Waals surface area contributed by atoms with Crippen molar-refractivity contribution in [2.75, 3.05) is 32.5 Å². The second-order valence-corrected chi connectivity index (χ2v) is 7.38. The maximum Gasteiger partial charge on any atom is 0.160 e. The van der Waals surface area contributed by atoms with Crippen LogP contribution >= 0.6 is 0 Å². The summed E-state index contributed by atoms with van der Waals surface area (Å²) in [4.78, 5) is 15.2. The largest absolute Gasteiger partial charge is 0.485 e. The Morgan fingerprint density at radius 1 is 1.30 bits per heavy atom. The number of aryl methyl sites for hydroxylation is 1. The van der Waals surface area contributed by atoms with Gasteiger partial charge in [-0.05, 0) is 32.5 Å². The molecule has 1 aliphatic rings. The van der Waals surface area contributed by atoms with Crippen LogP contribution < -0.4 is 11.1 Å². The Morgan fingerprint density at radius 2 is 2.17 bits per heavy atom. The van der Waals surface area contributed by atoms with Gasteiger partial charge in [0.25, 0.3) is 0 Å². The van der Waals surface area contributed by atoms with Crippen molar-refractivity contribution in [1.29, 1.82) is 0 Å². The number of aromatic nitrogens is 4. The van der Waals surface area contributed by atoms with Gasteiger partial charge in [-0.3, -0.25) is 9.98 Å². The highest BCUT2D eigenvalue weighted by molar-refractivity contribution is 6.11. The Bertz CT molecular complexity index is 1090. The predicted molar refractivity (Wildman–Crippen MR) is 117 cm³/mol. The van der Waals surface area contributed by atoms with Gasteiger partial charge in [-0.2, -0.15) is 5.10 Å². The number of nitrogens with zero attached hydrogens (tertiary/aromatic N) is 6. The van der Waals surface area contributed by atoms with E-state index in [2.05, 4.69) is 37.3 Å². The second-order valence-electron chi connectivity index (χ2n) is 7.38. The lowest BCUT2D eigenvalue weighted by molar-refractivity contribution is 0.137. The highest BCUT2D eigenvalue weighted by Crippen LogP contribution is 2.21. The molecule has 9 heteroatoms. The summed E-state index contributed by atoms with van der Waals surface area (Å²) in [5.74, 6) is 1.92. The molecule has 0 saturated carbocycles. The fourth-order valence-electron chi connectivity index (χ4n) is 3.52. The molecule has 0 aromatic carbocycles. The van der Waals surface area contributed by atoms with Gasteiger partial charge in [0.1, 0.15) is 17.6 Å². The smallest absolute Gasteiger partial charge is 0.160 e. The predicted octanol–water partition coefficient (Wildman–Crippen LogP) is 2.12. The molecule has 3 aromatic rings. The van der Waals surface area contributed by atoms with Gasteiger partial charge >= 0.3 is 0 Å². The number of hydrogen-bond donors (Lipinski definition) is 2. The molecule has 0 spiro atoms. The zero-order valence-corrected chi connectivity index (χ0v) is 17.4. The fraction of sp³-hybridized carbons (Fsp3) is 0.333. The third-order valence-corrected chi connectivity index (χ3v) is 5.02. The summed E-state index contributed by atoms with van der Waals surface area (Å²) >= 11 is 0. The molecule has 3 N–H and O–H groups in total. The number of anilines is 2. The van der Waals surface area contributed by atoms with E-state index in [1.807, 2.05) is 31.3 Å². The van der Waals surface area contributed by atoms with Gasteiger partial charge in [-0.25, -0.2) is 9.50 Å². The summed E-state index contributed by atoms with van der Waals surface area (Å²) in [6, 6.07) is 5.90. The normalized spacial score (nSPS) is 18.2. The number of hydrogen-bond acceptors (Lipinski definition) is 8. The van der Waals surface area contributed by atoms with E-state index in [-0.39, 0.29) is 6.10 Å². The van der Waals surface area contributed by atoms with Gasteiger partial charge in [-0.15, -0.1) is 0 Å². The molecule has 9 nitrogen and oxygen atoms in total. The molecule has 1 saturated heterocycles. The lowest BCUT2D eigenvalue weighted by atomic mass is 10.1. The number of ether oxygens (including phenoxy) is 1. The Labute approximate surface area is 175 Å². The summed E-state index contributed by atoms with van der Waals surface area (Å²) in [7, 11) is 3.83. The quantitative estimate of drug-likeness (QED) is 0.477. The number of aliphatic imine (C=N–C) groups is 1. The molecule has 3 aromatic heterocycles. The van der Waals surface area contributed by atoms with E-state index in [1.54, 1.807) is 24.0 Å². The number of fused-ring (bicyclic) bond motifs is 1. The van der Waals surface area contributed by atoms with Crippen LogP contribution in [0.15, 0.2) is 53.7 Å². The lowest BCUT2D eigenvalue weighted by Gasteiger charge is -2.18. The Kier molecular flexibility index (Phi) is 5.62. The van der Waals surface area contributed by atoms with Crippen LogP contribution in [0, 0.1) is 6.92 Å². The number of pyridine rings is 1. The minimum atomic E-state index is 0.117. The number of likely N-dealkylation sites (N-methyl/N-ethyl adjacent to an activating group) is 1. The average molecular weight is 406 g/mol. The maximum atomic E-state index is 6.16. The van der Waals surface area contributed by atoms with Gasteiger partial charge in [-0.1, -0.05) is 0 Å². The van der Waals surface area contributed by atoms with Crippen LogP contribution in [0.5, 0.6) is 0 Å². The summed E-state index contributed by atoms with van der Waals surface area (Å²) in [5.41, 5.74) is 9.29. The molecule has 0 unspecified atom stereocenters. The summed E-state index contributed by atoms with van der Waals surface area (Å²) in [6.45, 7) is 3.80. The van der Waals surface area contributed by atoms with Gasteiger partial charge in [0.05, 0.1) is 23.6 Å². The van der Waals surface area contributed by atoms with Crippen LogP contribution in [-0.4, -0.2) is 63.5 Å². The van der Waals surface area contributed by atoms with Crippen LogP contribution in [0.1, 0.15) is 17.7 Å². The van der Waals surface area contributed by atoms with Crippen molar-refractivity contribution in [1.82, 2.24) is 24.5 Å². The van der Waals surface area contributed by atoms with E-state index in [0.29, 0.717) is 17.4 Å². The van der Waals surface area contributed by atoms with E-state index >= 15 is 0 Å². The molecule has 30 heavy (non-hydrogen) atoms. The number of nitrogens with one attached hydrogen (secondary N) is 1. The highest BCUT2D eigenvalue weighted by Gasteiger charge is 2.23. The molecule has 4 heterocycles. The lowest BCUT2D eigenvalue weighted by Crippen LogP contribution is -2.22. The SMILES string of the molecule is CN=C(/C(=C\N)O[C@H]1CCN(C)C1)c1ccn2nc(Nc3cnc(C)cn3)cc2c1. The fourth-order valence-corrected chi connectivity index (χ4v) is 3.52. The Hall–Kier alpha value is -3.46. The standard InChI is InChI=1S/C21H26N8O/c1-14-11-25-20(12-24-14)26-19-9-16-8-15(4-7-29(16)27-19)21(23-2)18(10-22)30-17-5-6-28(3)13-17/h4,7-12,17H,5-6,13,22H2,1-3H3,(H,25,26,27)/b18-10+,23-21?/t17-/m0/s1. The van der Waals surface area contributed by atoms with Crippen molar-refractivity contribution in [3.05, 3.63) is 60.0 Å². The molecule has 1 atom stereocenters. The van der Waals surface area contributed by atoms with Crippen molar-refractivity contribution in [2.24, 2.45) is 10.7 Å². The molecule has 0 amide bonds. The van der Waals surface area contributed by atoms with Crippen molar-refractivity contribution in [3.63, 3.8) is 0 Å². The van der Waals surface area contributed by atoms with E-state index in [9.17, 15) is 0 Å². The average Bonchev–Trinajstić information content (AvgIpc) is 3.34. The van der Waals surface area contributed by atoms with E-state index in [0.717, 1.165) is 42.0 Å². The van der Waals surface area contributed by atoms with Gasteiger partial charge in [0.2, 0.25) is 0 Å². The van der Waals surface area contributed by atoms with Crippen LogP contribution in [-0.2, 0) is 4.74 Å². The topological polar surface area (TPSA) is 106 Å². The number of rotatable bonds is 6. The summed E-state index contributed by atoms with van der Waals surface area (Å²) in [6.07, 6.45) is 7.87. The minimum Gasteiger partial charge on any atom is -0.485 e. The van der Waals surface area contributed by atoms with Crippen LogP contribution in [0.3, 0.4) is 0 Å². The molecular weight excluding hydrogens is 380 g/mol. The van der Waals surface area contributed by atoms with Gasteiger partial charge < -0.3 is 20.7 Å². The third kappa shape index (κ3) is 4.25. The monoisotopic (exact) mass is 406 g/mol. The number of likely N-dealkylation sites (tertiary alicyclic amines) is 1. The summed E-state index contributed by atoms with van der Waals surface area (Å²) < 4.78 is 7.95. The minimum absolute atomic E-state index is 0.117. The molecular formula is C21H26N8O. The summed E-state index contributed by atoms with van der Waals surface area (Å²) in [5, 5.41) is 7.71. The molecule has 0 aliphatic carbocycles. The highest BCUT2D eigenvalue weighted by atomic mass is 16.5. The number of allylic oxidation sites excluding steroid dienone is 1. The first-order valence-electron chi connectivity index (χ1n) is 9.85. The van der Waals surface area contributed by atoms with Crippen molar-refractivity contribution < 1.29 is 4.74 Å². The van der Waals surface area contributed by atoms with Crippen LogP contribution in [0.25, 0.3) is 5.52 Å². The number of nitrogens with two attached hydrogens (primary N) is 1. The first kappa shape index (κ1) is 19.8. The molecule has 1 fully saturated rings. The Balaban J connectivity index is 1.56. The molecule has 4 rings (SSSR count). The van der Waals surface area contributed by atoms with E-state index in [1.165, 1.54) is 6.20 Å². The van der Waals surface area contributed by atoms with Gasteiger partial charge in [0.15, 0.2) is 11.6 Å². The van der Waals surface area contributed by atoms with E-state index < -0.39 is 0 Å². The third-order valence-electron chi connectivity index (χ3n) is 5.02. The molecule has 0 bridgehead atoms. The van der Waals surface area contributed by atoms with Gasteiger partial charge in [0, 0.05) is 44.2 Å². The van der Waals surface area contributed by atoms with Crippen molar-refractivity contribution >= 4 is 22.9 Å². The first-order chi connectivity index (χ1) is 14.6. The van der Waals surface area contributed by atoms with Crippen LogP contribution in [0.4, 0.5) is 11.6 Å². The molecule has 156 valence electrons. The zero-order valence-electron chi connectivity index (χ0n) is 17.4.